The van der Waals surface area contributed by atoms with Gasteiger partial charge >= 0.3 is 0 Å². The molecule has 0 amide bonds. The van der Waals surface area contributed by atoms with Gasteiger partial charge < -0.3 is 14.7 Å². The van der Waals surface area contributed by atoms with Crippen molar-refractivity contribution in [1.82, 2.24) is 0 Å². The summed E-state index contributed by atoms with van der Waals surface area (Å²) in [5.41, 5.74) is 0. The summed E-state index contributed by atoms with van der Waals surface area (Å²) >= 11 is 0. The number of hydrogen-bond acceptors (Lipinski definition) is 3. The van der Waals surface area contributed by atoms with Crippen molar-refractivity contribution in [2.45, 2.75) is 58.3 Å². The van der Waals surface area contributed by atoms with E-state index in [1.165, 1.54) is 0 Å². The molecule has 15 heavy (non-hydrogen) atoms. The van der Waals surface area contributed by atoms with E-state index in [9.17, 15) is 14.7 Å². The molecular weight excluding hydrogens is 192 g/mol. The largest absolute Gasteiger partial charge is 0.550 e. The highest BCUT2D eigenvalue weighted by molar-refractivity contribution is 5.64. The third-order valence-electron chi connectivity index (χ3n) is 2.67. The molecule has 0 fully saturated rings. The number of unbranched alkanes of at least 4 members (excludes halogenated alkanes) is 4. The van der Waals surface area contributed by atoms with Gasteiger partial charge in [-0.1, -0.05) is 32.6 Å². The van der Waals surface area contributed by atoms with Gasteiger partial charge in [0, 0.05) is 11.9 Å². The molecule has 0 spiro atoms. The van der Waals surface area contributed by atoms with Crippen LogP contribution >= 0.6 is 0 Å². The van der Waals surface area contributed by atoms with Gasteiger partial charge in [-0.3, -0.25) is 0 Å². The fraction of sp³-hybridized carbons (Fsp3) is 0.833. The predicted octanol–water partition coefficient (Wildman–Crippen LogP) is 1.69. The van der Waals surface area contributed by atoms with Gasteiger partial charge in [0.15, 0.2) is 0 Å². The Morgan fingerprint density at radius 3 is 2.33 bits per heavy atom. The zero-order valence-electron chi connectivity index (χ0n) is 9.54. The van der Waals surface area contributed by atoms with E-state index >= 15 is 0 Å². The van der Waals surface area contributed by atoms with E-state index in [2.05, 4.69) is 0 Å². The van der Waals surface area contributed by atoms with E-state index in [0.29, 0.717) is 6.42 Å². The summed E-state index contributed by atoms with van der Waals surface area (Å²) in [4.78, 5) is 20.6. The van der Waals surface area contributed by atoms with Gasteiger partial charge in [-0.15, -0.1) is 0 Å². The molecule has 1 atom stereocenters. The molecule has 0 aliphatic carbocycles. The number of carbonyl (C=O) groups is 2. The maximum Gasteiger partial charge on any atom is 0.123 e. The van der Waals surface area contributed by atoms with Gasteiger partial charge in [-0.2, -0.15) is 0 Å². The number of carbonyl (C=O) groups excluding carboxylic acids is 2. The second kappa shape index (κ2) is 9.69. The summed E-state index contributed by atoms with van der Waals surface area (Å²) in [5.74, 6) is -0.741. The lowest BCUT2D eigenvalue weighted by Crippen LogP contribution is -2.21. The predicted molar refractivity (Wildman–Crippen MR) is 57.2 cm³/mol. The number of aliphatic carboxylic acids is 1. The summed E-state index contributed by atoms with van der Waals surface area (Å²) in [6.07, 6.45) is 8.00. The number of hydrogen-bond donors (Lipinski definition) is 0. The molecule has 0 aliphatic heterocycles. The van der Waals surface area contributed by atoms with Crippen LogP contribution in [0.1, 0.15) is 58.3 Å². The first-order valence-corrected chi connectivity index (χ1v) is 5.85. The molecule has 88 valence electrons. The zero-order valence-corrected chi connectivity index (χ0v) is 9.54. The summed E-state index contributed by atoms with van der Waals surface area (Å²) in [7, 11) is 0. The normalized spacial score (nSPS) is 12.3. The van der Waals surface area contributed by atoms with Gasteiger partial charge in [-0.25, -0.2) is 0 Å². The Morgan fingerprint density at radius 1 is 1.20 bits per heavy atom. The molecule has 0 rings (SSSR count). The topological polar surface area (TPSA) is 57.2 Å². The first-order valence-electron chi connectivity index (χ1n) is 5.85. The van der Waals surface area contributed by atoms with Crippen LogP contribution in [0.3, 0.4) is 0 Å². The van der Waals surface area contributed by atoms with Crippen LogP contribution in [-0.4, -0.2) is 12.3 Å². The smallest absolute Gasteiger partial charge is 0.123 e. The van der Waals surface area contributed by atoms with E-state index in [4.69, 9.17) is 0 Å². The summed E-state index contributed by atoms with van der Waals surface area (Å²) in [5, 5.41) is 10.1. The average molecular weight is 213 g/mol. The van der Waals surface area contributed by atoms with Crippen LogP contribution in [0.15, 0.2) is 0 Å². The SMILES string of the molecule is CCC(C=O)CCCCCCCC(=O)[O-]. The molecule has 0 saturated carbocycles. The van der Waals surface area contributed by atoms with Crippen molar-refractivity contribution in [1.29, 1.82) is 0 Å². The lowest BCUT2D eigenvalue weighted by atomic mass is 9.99. The Kier molecular flexibility index (Phi) is 9.13. The Bertz CT molecular complexity index is 178. The average Bonchev–Trinajstić information content (AvgIpc) is 2.22. The first-order chi connectivity index (χ1) is 7.20. The third-order valence-corrected chi connectivity index (χ3v) is 2.67. The minimum Gasteiger partial charge on any atom is -0.550 e. The van der Waals surface area contributed by atoms with Gasteiger partial charge in [-0.05, 0) is 25.7 Å². The van der Waals surface area contributed by atoms with Gasteiger partial charge in [0.05, 0.1) is 0 Å². The first kappa shape index (κ1) is 14.1. The molecule has 3 heteroatoms. The van der Waals surface area contributed by atoms with Gasteiger partial charge in [0.2, 0.25) is 0 Å². The minimum absolute atomic E-state index is 0.173. The standard InChI is InChI=1S/C12H22O3/c1-2-11(10-13)8-6-4-3-5-7-9-12(14)15/h10-11H,2-9H2,1H3,(H,14,15)/p-1. The molecule has 0 saturated heterocycles. The second-order valence-corrected chi connectivity index (χ2v) is 3.98. The second-order valence-electron chi connectivity index (χ2n) is 3.98. The quantitative estimate of drug-likeness (QED) is 0.410. The van der Waals surface area contributed by atoms with E-state index in [0.717, 1.165) is 44.8 Å². The number of rotatable bonds is 10. The van der Waals surface area contributed by atoms with Crippen LogP contribution in [-0.2, 0) is 9.59 Å². The summed E-state index contributed by atoms with van der Waals surface area (Å²) < 4.78 is 0. The summed E-state index contributed by atoms with van der Waals surface area (Å²) in [6, 6.07) is 0. The number of carboxylic acid groups (broad SMARTS) is 1. The Morgan fingerprint density at radius 2 is 1.80 bits per heavy atom. The molecular formula is C12H21O3-. The van der Waals surface area contributed by atoms with E-state index < -0.39 is 5.97 Å². The van der Waals surface area contributed by atoms with Crippen LogP contribution in [0.2, 0.25) is 0 Å². The maximum atomic E-state index is 10.5. The van der Waals surface area contributed by atoms with Crippen molar-refractivity contribution >= 4 is 12.3 Å². The molecule has 0 heterocycles. The highest BCUT2D eigenvalue weighted by atomic mass is 16.4. The van der Waals surface area contributed by atoms with Crippen LogP contribution in [0.25, 0.3) is 0 Å². The molecule has 0 N–H and O–H groups in total. The zero-order chi connectivity index (χ0) is 11.5. The molecule has 0 aromatic carbocycles. The van der Waals surface area contributed by atoms with E-state index in [1.807, 2.05) is 6.92 Å². The van der Waals surface area contributed by atoms with Crippen molar-refractivity contribution in [2.24, 2.45) is 5.92 Å². The fourth-order valence-corrected chi connectivity index (χ4v) is 1.57. The maximum absolute atomic E-state index is 10.5. The summed E-state index contributed by atoms with van der Waals surface area (Å²) in [6.45, 7) is 2.03. The van der Waals surface area contributed by atoms with Crippen molar-refractivity contribution in [3.05, 3.63) is 0 Å². The molecule has 1 unspecified atom stereocenters. The molecule has 0 bridgehead atoms. The highest BCUT2D eigenvalue weighted by Crippen LogP contribution is 2.12. The van der Waals surface area contributed by atoms with Crippen molar-refractivity contribution in [3.8, 4) is 0 Å². The van der Waals surface area contributed by atoms with Crippen LogP contribution in [0.4, 0.5) is 0 Å². The number of carboxylic acids is 1. The molecule has 0 aromatic heterocycles. The van der Waals surface area contributed by atoms with Gasteiger partial charge in [0.25, 0.3) is 0 Å². The van der Waals surface area contributed by atoms with Crippen LogP contribution in [0.5, 0.6) is 0 Å². The Labute approximate surface area is 91.9 Å². The molecule has 3 nitrogen and oxygen atoms in total. The van der Waals surface area contributed by atoms with Gasteiger partial charge in [0.1, 0.15) is 6.29 Å². The van der Waals surface area contributed by atoms with E-state index in [1.54, 1.807) is 0 Å². The molecule has 0 aromatic rings. The lowest BCUT2D eigenvalue weighted by molar-refractivity contribution is -0.305. The number of aldehydes is 1. The Balaban J connectivity index is 3.17. The van der Waals surface area contributed by atoms with Crippen molar-refractivity contribution < 1.29 is 14.7 Å². The van der Waals surface area contributed by atoms with Crippen molar-refractivity contribution in [3.63, 3.8) is 0 Å². The fourth-order valence-electron chi connectivity index (χ4n) is 1.57. The highest BCUT2D eigenvalue weighted by Gasteiger charge is 2.02. The van der Waals surface area contributed by atoms with Crippen LogP contribution < -0.4 is 5.11 Å². The minimum atomic E-state index is -0.956. The third kappa shape index (κ3) is 9.44. The Hall–Kier alpha value is -0.860. The monoisotopic (exact) mass is 213 g/mol. The molecule has 0 aliphatic rings. The van der Waals surface area contributed by atoms with E-state index in [-0.39, 0.29) is 12.3 Å². The van der Waals surface area contributed by atoms with Crippen LogP contribution in [0, 0.1) is 5.92 Å². The van der Waals surface area contributed by atoms with Crippen molar-refractivity contribution in [2.75, 3.05) is 0 Å². The lowest BCUT2D eigenvalue weighted by Gasteiger charge is -2.06. The molecule has 0 radical (unpaired) electrons.